The van der Waals surface area contributed by atoms with E-state index >= 15 is 0 Å². The minimum atomic E-state index is -3.60. The lowest BCUT2D eigenvalue weighted by Crippen LogP contribution is -2.38. The first-order valence-corrected chi connectivity index (χ1v) is 10.7. The Bertz CT molecular complexity index is 1050. The summed E-state index contributed by atoms with van der Waals surface area (Å²) >= 11 is 0. The Balaban J connectivity index is 1.52. The van der Waals surface area contributed by atoms with Gasteiger partial charge in [0.05, 0.1) is 28.5 Å². The summed E-state index contributed by atoms with van der Waals surface area (Å²) in [6.45, 7) is 4.78. The van der Waals surface area contributed by atoms with Crippen molar-refractivity contribution in [3.8, 4) is 5.75 Å². The number of benzene rings is 2. The third-order valence-corrected chi connectivity index (χ3v) is 6.51. The van der Waals surface area contributed by atoms with Gasteiger partial charge in [0.15, 0.2) is 0 Å². The van der Waals surface area contributed by atoms with E-state index in [1.54, 1.807) is 36.4 Å². The van der Waals surface area contributed by atoms with Crippen LogP contribution in [0.2, 0.25) is 0 Å². The van der Waals surface area contributed by atoms with Crippen LogP contribution in [0.1, 0.15) is 0 Å². The summed E-state index contributed by atoms with van der Waals surface area (Å²) < 4.78 is 36.9. The van der Waals surface area contributed by atoms with Crippen LogP contribution in [-0.4, -0.2) is 57.8 Å². The van der Waals surface area contributed by atoms with Gasteiger partial charge in [0.2, 0.25) is 9.84 Å². The van der Waals surface area contributed by atoms with E-state index in [4.69, 9.17) is 9.47 Å². The molecule has 1 saturated heterocycles. The molecule has 1 aromatic heterocycles. The summed E-state index contributed by atoms with van der Waals surface area (Å²) in [5.41, 5.74) is 0.729. The molecule has 1 aliphatic rings. The molecule has 0 N–H and O–H groups in total. The molecule has 1 fully saturated rings. The fraction of sp³-hybridized carbons (Fsp3) is 0.286. The van der Waals surface area contributed by atoms with E-state index in [0.717, 1.165) is 43.8 Å². The molecule has 0 bridgehead atoms. The van der Waals surface area contributed by atoms with Gasteiger partial charge in [0.25, 0.3) is 0 Å². The highest BCUT2D eigenvalue weighted by Crippen LogP contribution is 2.25. The van der Waals surface area contributed by atoms with Crippen LogP contribution < -0.4 is 4.74 Å². The lowest BCUT2D eigenvalue weighted by Gasteiger charge is -2.26. The van der Waals surface area contributed by atoms with Crippen molar-refractivity contribution in [3.05, 3.63) is 60.8 Å². The molecule has 146 valence electrons. The maximum atomic E-state index is 12.8. The van der Waals surface area contributed by atoms with Gasteiger partial charge in [-0.05, 0) is 36.4 Å². The largest absolute Gasteiger partial charge is 0.492 e. The van der Waals surface area contributed by atoms with E-state index in [-0.39, 0.29) is 9.79 Å². The van der Waals surface area contributed by atoms with E-state index in [1.165, 1.54) is 6.20 Å². The molecule has 0 atom stereocenters. The smallest absolute Gasteiger partial charge is 0.208 e. The summed E-state index contributed by atoms with van der Waals surface area (Å²) in [5, 5.41) is 0.737. The van der Waals surface area contributed by atoms with Crippen molar-refractivity contribution >= 4 is 20.7 Å². The third-order valence-electron chi connectivity index (χ3n) is 4.77. The molecule has 1 aliphatic heterocycles. The van der Waals surface area contributed by atoms with Crippen molar-refractivity contribution in [2.24, 2.45) is 0 Å². The molecule has 0 unspecified atom stereocenters. The van der Waals surface area contributed by atoms with E-state index < -0.39 is 9.84 Å². The normalized spacial score (nSPS) is 15.6. The Hall–Kier alpha value is -2.48. The van der Waals surface area contributed by atoms with Crippen LogP contribution in [0.15, 0.2) is 70.6 Å². The second-order valence-corrected chi connectivity index (χ2v) is 8.59. The monoisotopic (exact) mass is 398 g/mol. The summed E-state index contributed by atoms with van der Waals surface area (Å²) in [6, 6.07) is 15.6. The molecule has 0 amide bonds. The number of ether oxygens (including phenoxy) is 2. The second kappa shape index (κ2) is 8.26. The number of sulfone groups is 1. The summed E-state index contributed by atoms with van der Waals surface area (Å²) in [5.74, 6) is 0.705. The van der Waals surface area contributed by atoms with Crippen LogP contribution in [0.3, 0.4) is 0 Å². The minimum Gasteiger partial charge on any atom is -0.492 e. The van der Waals surface area contributed by atoms with Crippen LogP contribution in [0.25, 0.3) is 10.9 Å². The Labute approximate surface area is 164 Å². The molecule has 7 heteroatoms. The molecule has 2 heterocycles. The topological polar surface area (TPSA) is 68.7 Å². The van der Waals surface area contributed by atoms with Gasteiger partial charge in [0.1, 0.15) is 12.4 Å². The highest BCUT2D eigenvalue weighted by molar-refractivity contribution is 7.91. The number of fused-ring (bicyclic) bond motifs is 1. The molecule has 2 aromatic carbocycles. The predicted molar refractivity (Wildman–Crippen MR) is 106 cm³/mol. The third kappa shape index (κ3) is 4.16. The number of rotatable bonds is 6. The number of pyridine rings is 1. The number of hydrogen-bond acceptors (Lipinski definition) is 6. The lowest BCUT2D eigenvalue weighted by atomic mass is 10.2. The molecule has 0 saturated carbocycles. The first-order valence-electron chi connectivity index (χ1n) is 9.26. The van der Waals surface area contributed by atoms with Gasteiger partial charge in [0, 0.05) is 31.2 Å². The quantitative estimate of drug-likeness (QED) is 0.636. The van der Waals surface area contributed by atoms with E-state index in [0.29, 0.717) is 12.4 Å². The van der Waals surface area contributed by atoms with E-state index in [1.807, 2.05) is 18.2 Å². The van der Waals surface area contributed by atoms with Crippen LogP contribution in [0, 0.1) is 0 Å². The number of nitrogens with zero attached hydrogens (tertiary/aromatic N) is 2. The Morgan fingerprint density at radius 3 is 2.57 bits per heavy atom. The Kier molecular flexibility index (Phi) is 5.57. The predicted octanol–water partition coefficient (Wildman–Crippen LogP) is 2.78. The first kappa shape index (κ1) is 18.9. The number of morpholine rings is 1. The fourth-order valence-corrected chi connectivity index (χ4v) is 4.44. The van der Waals surface area contributed by atoms with Crippen LogP contribution in [0.5, 0.6) is 5.75 Å². The molecular weight excluding hydrogens is 376 g/mol. The first-order chi connectivity index (χ1) is 13.6. The van der Waals surface area contributed by atoms with Gasteiger partial charge in [-0.25, -0.2) is 8.42 Å². The molecule has 0 aliphatic carbocycles. The van der Waals surface area contributed by atoms with Crippen molar-refractivity contribution in [2.45, 2.75) is 9.79 Å². The van der Waals surface area contributed by atoms with Gasteiger partial charge < -0.3 is 9.47 Å². The zero-order chi connectivity index (χ0) is 19.4. The van der Waals surface area contributed by atoms with Gasteiger partial charge in [-0.15, -0.1) is 0 Å². The molecular formula is C21H22N2O4S. The van der Waals surface area contributed by atoms with E-state index in [2.05, 4.69) is 9.88 Å². The summed E-state index contributed by atoms with van der Waals surface area (Å²) in [4.78, 5) is 7.05. The van der Waals surface area contributed by atoms with Crippen LogP contribution in [0.4, 0.5) is 0 Å². The van der Waals surface area contributed by atoms with Crippen molar-refractivity contribution in [1.29, 1.82) is 0 Å². The minimum absolute atomic E-state index is 0.177. The molecule has 0 spiro atoms. The van der Waals surface area contributed by atoms with Crippen molar-refractivity contribution < 1.29 is 17.9 Å². The fourth-order valence-electron chi connectivity index (χ4n) is 3.18. The van der Waals surface area contributed by atoms with Gasteiger partial charge in [-0.1, -0.05) is 18.2 Å². The highest BCUT2D eigenvalue weighted by Gasteiger charge is 2.18. The van der Waals surface area contributed by atoms with Crippen molar-refractivity contribution in [3.63, 3.8) is 0 Å². The maximum Gasteiger partial charge on any atom is 0.208 e. The molecule has 4 rings (SSSR count). The molecule has 3 aromatic rings. The van der Waals surface area contributed by atoms with Crippen molar-refractivity contribution in [1.82, 2.24) is 9.88 Å². The highest BCUT2D eigenvalue weighted by atomic mass is 32.2. The summed E-state index contributed by atoms with van der Waals surface area (Å²) in [7, 11) is -3.60. The second-order valence-electron chi connectivity index (χ2n) is 6.64. The number of aromatic nitrogens is 1. The number of hydrogen-bond donors (Lipinski definition) is 0. The van der Waals surface area contributed by atoms with Gasteiger partial charge in [-0.2, -0.15) is 0 Å². The molecule has 0 radical (unpaired) electrons. The van der Waals surface area contributed by atoms with Gasteiger partial charge >= 0.3 is 0 Å². The Morgan fingerprint density at radius 2 is 1.79 bits per heavy atom. The zero-order valence-electron chi connectivity index (χ0n) is 15.5. The van der Waals surface area contributed by atoms with Crippen molar-refractivity contribution in [2.75, 3.05) is 39.5 Å². The lowest BCUT2D eigenvalue weighted by molar-refractivity contribution is 0.0322. The average Bonchev–Trinajstić information content (AvgIpc) is 2.74. The van der Waals surface area contributed by atoms with E-state index in [9.17, 15) is 8.42 Å². The van der Waals surface area contributed by atoms with Crippen LogP contribution in [-0.2, 0) is 14.6 Å². The van der Waals surface area contributed by atoms with Crippen LogP contribution >= 0.6 is 0 Å². The SMILES string of the molecule is O=S(=O)(c1ccccc1)c1cnc2ccc(OCCN3CCOCC3)cc2c1. The Morgan fingerprint density at radius 1 is 1.00 bits per heavy atom. The summed E-state index contributed by atoms with van der Waals surface area (Å²) in [6.07, 6.45) is 1.41. The molecule has 6 nitrogen and oxygen atoms in total. The zero-order valence-corrected chi connectivity index (χ0v) is 16.3. The molecule has 28 heavy (non-hydrogen) atoms. The van der Waals surface area contributed by atoms with Gasteiger partial charge in [-0.3, -0.25) is 9.88 Å². The maximum absolute atomic E-state index is 12.8. The standard InChI is InChI=1S/C21H22N2O4S/c24-28(25,19-4-2-1-3-5-19)20-15-17-14-18(6-7-21(17)22-16-20)27-13-10-23-8-11-26-12-9-23/h1-7,14-16H,8-13H2. The average molecular weight is 398 g/mol.